The largest absolute Gasteiger partial charge is 0.325 e. The molecule has 0 unspecified atom stereocenters. The van der Waals surface area contributed by atoms with Crippen molar-refractivity contribution < 1.29 is 4.79 Å². The lowest BCUT2D eigenvalue weighted by Gasteiger charge is -2.05. The summed E-state index contributed by atoms with van der Waals surface area (Å²) < 4.78 is 1.95. The molecule has 1 N–H and O–H groups in total. The number of aromatic nitrogens is 3. The van der Waals surface area contributed by atoms with Crippen molar-refractivity contribution in [3.63, 3.8) is 0 Å². The number of hydrogen-bond acceptors (Lipinski definition) is 3. The van der Waals surface area contributed by atoms with Gasteiger partial charge in [0.1, 0.15) is 11.2 Å². The van der Waals surface area contributed by atoms with Gasteiger partial charge in [0, 0.05) is 18.7 Å². The Morgan fingerprint density at radius 3 is 2.89 bits per heavy atom. The summed E-state index contributed by atoms with van der Waals surface area (Å²) >= 11 is 0. The SMILES string of the molecule is CC(=O)Nc1cnc2c(nc3cc(C)ccn32)c1C. The van der Waals surface area contributed by atoms with Crippen molar-refractivity contribution in [1.82, 2.24) is 14.4 Å². The van der Waals surface area contributed by atoms with Crippen molar-refractivity contribution >= 4 is 28.4 Å². The average Bonchev–Trinajstić information content (AvgIpc) is 2.70. The van der Waals surface area contributed by atoms with Crippen LogP contribution < -0.4 is 5.32 Å². The molecule has 0 saturated heterocycles. The van der Waals surface area contributed by atoms with Gasteiger partial charge in [0.2, 0.25) is 5.91 Å². The molecular weight excluding hydrogens is 240 g/mol. The molecule has 0 aromatic carbocycles. The number of amides is 1. The molecule has 19 heavy (non-hydrogen) atoms. The summed E-state index contributed by atoms with van der Waals surface area (Å²) in [7, 11) is 0. The van der Waals surface area contributed by atoms with E-state index >= 15 is 0 Å². The van der Waals surface area contributed by atoms with Crippen molar-refractivity contribution in [3.8, 4) is 0 Å². The number of rotatable bonds is 1. The molecule has 0 aliphatic heterocycles. The maximum absolute atomic E-state index is 11.2. The number of pyridine rings is 2. The average molecular weight is 254 g/mol. The topological polar surface area (TPSA) is 59.3 Å². The minimum absolute atomic E-state index is 0.108. The molecule has 0 aliphatic carbocycles. The van der Waals surface area contributed by atoms with E-state index in [0.29, 0.717) is 5.69 Å². The fourth-order valence-electron chi connectivity index (χ4n) is 2.17. The van der Waals surface area contributed by atoms with Crippen LogP contribution in [0.3, 0.4) is 0 Å². The molecule has 3 aromatic rings. The van der Waals surface area contributed by atoms with E-state index in [1.54, 1.807) is 6.20 Å². The third-order valence-electron chi connectivity index (χ3n) is 3.14. The Hall–Kier alpha value is -2.43. The number of carbonyl (C=O) groups excluding carboxylic acids is 1. The maximum Gasteiger partial charge on any atom is 0.221 e. The van der Waals surface area contributed by atoms with Crippen molar-refractivity contribution in [3.05, 3.63) is 35.7 Å². The van der Waals surface area contributed by atoms with Crippen LogP contribution >= 0.6 is 0 Å². The lowest BCUT2D eigenvalue weighted by atomic mass is 10.2. The number of hydrogen-bond donors (Lipinski definition) is 1. The summed E-state index contributed by atoms with van der Waals surface area (Å²) in [6.45, 7) is 5.45. The van der Waals surface area contributed by atoms with E-state index < -0.39 is 0 Å². The van der Waals surface area contributed by atoms with Crippen molar-refractivity contribution in [2.24, 2.45) is 0 Å². The highest BCUT2D eigenvalue weighted by Gasteiger charge is 2.11. The summed E-state index contributed by atoms with van der Waals surface area (Å²) in [6.07, 6.45) is 3.64. The van der Waals surface area contributed by atoms with Gasteiger partial charge in [-0.1, -0.05) is 0 Å². The summed E-state index contributed by atoms with van der Waals surface area (Å²) in [5, 5.41) is 2.77. The maximum atomic E-state index is 11.2. The quantitative estimate of drug-likeness (QED) is 0.725. The molecule has 0 aliphatic rings. The summed E-state index contributed by atoms with van der Waals surface area (Å²) in [5.74, 6) is -0.108. The van der Waals surface area contributed by atoms with Gasteiger partial charge in [-0.2, -0.15) is 0 Å². The number of aryl methyl sites for hydroxylation is 2. The minimum atomic E-state index is -0.108. The standard InChI is InChI=1S/C14H14N4O/c1-8-4-5-18-12(6-8)17-13-9(2)11(16-10(3)19)7-15-14(13)18/h4-7H,1-3H3,(H,16,19). The molecule has 0 fully saturated rings. The first-order chi connectivity index (χ1) is 9.06. The van der Waals surface area contributed by atoms with Crippen LogP contribution in [0.25, 0.3) is 16.8 Å². The molecular formula is C14H14N4O. The zero-order valence-corrected chi connectivity index (χ0v) is 11.1. The van der Waals surface area contributed by atoms with Crippen LogP contribution in [-0.2, 0) is 4.79 Å². The lowest BCUT2D eigenvalue weighted by Crippen LogP contribution is -2.07. The normalized spacial score (nSPS) is 11.1. The number of nitrogens with one attached hydrogen (secondary N) is 1. The van der Waals surface area contributed by atoms with Crippen molar-refractivity contribution in [1.29, 1.82) is 0 Å². The Kier molecular flexibility index (Phi) is 2.48. The first-order valence-electron chi connectivity index (χ1n) is 6.08. The van der Waals surface area contributed by atoms with E-state index in [1.165, 1.54) is 6.92 Å². The predicted molar refractivity (Wildman–Crippen MR) is 74.3 cm³/mol. The molecule has 5 heteroatoms. The van der Waals surface area contributed by atoms with Crippen LogP contribution in [0, 0.1) is 13.8 Å². The molecule has 3 rings (SSSR count). The highest BCUT2D eigenvalue weighted by Crippen LogP contribution is 2.24. The molecule has 0 radical (unpaired) electrons. The van der Waals surface area contributed by atoms with Gasteiger partial charge in [0.15, 0.2) is 5.65 Å². The number of carbonyl (C=O) groups is 1. The molecule has 3 heterocycles. The van der Waals surface area contributed by atoms with Gasteiger partial charge < -0.3 is 5.32 Å². The second kappa shape index (κ2) is 4.05. The van der Waals surface area contributed by atoms with Crippen LogP contribution in [0.1, 0.15) is 18.1 Å². The Bertz CT molecular complexity index is 804. The Morgan fingerprint density at radius 1 is 1.37 bits per heavy atom. The third-order valence-corrected chi connectivity index (χ3v) is 3.14. The van der Waals surface area contributed by atoms with E-state index in [4.69, 9.17) is 0 Å². The molecule has 5 nitrogen and oxygen atoms in total. The van der Waals surface area contributed by atoms with E-state index in [1.807, 2.05) is 36.6 Å². The third kappa shape index (κ3) is 1.83. The van der Waals surface area contributed by atoms with Gasteiger partial charge in [0.25, 0.3) is 0 Å². The first-order valence-corrected chi connectivity index (χ1v) is 6.08. The van der Waals surface area contributed by atoms with E-state index in [2.05, 4.69) is 15.3 Å². The zero-order chi connectivity index (χ0) is 13.6. The molecule has 0 bridgehead atoms. The Labute approximate surface area is 110 Å². The molecule has 96 valence electrons. The molecule has 1 amide bonds. The van der Waals surface area contributed by atoms with Gasteiger partial charge in [-0.25, -0.2) is 9.97 Å². The summed E-state index contributed by atoms with van der Waals surface area (Å²) in [5.41, 5.74) is 5.29. The van der Waals surface area contributed by atoms with Crippen LogP contribution in [0.4, 0.5) is 5.69 Å². The smallest absolute Gasteiger partial charge is 0.221 e. The number of anilines is 1. The highest BCUT2D eigenvalue weighted by molar-refractivity contribution is 5.93. The molecule has 0 spiro atoms. The molecule has 0 atom stereocenters. The second-order valence-corrected chi connectivity index (χ2v) is 4.69. The van der Waals surface area contributed by atoms with Gasteiger partial charge in [-0.3, -0.25) is 9.20 Å². The number of imidazole rings is 1. The van der Waals surface area contributed by atoms with Crippen LogP contribution in [0.5, 0.6) is 0 Å². The summed E-state index contributed by atoms with van der Waals surface area (Å²) in [6, 6.07) is 4.03. The highest BCUT2D eigenvalue weighted by atomic mass is 16.1. The predicted octanol–water partition coefficient (Wildman–Crippen LogP) is 2.46. The number of fused-ring (bicyclic) bond motifs is 3. The molecule has 3 aromatic heterocycles. The lowest BCUT2D eigenvalue weighted by molar-refractivity contribution is -0.114. The fraction of sp³-hybridized carbons (Fsp3) is 0.214. The van der Waals surface area contributed by atoms with Crippen molar-refractivity contribution in [2.45, 2.75) is 20.8 Å². The van der Waals surface area contributed by atoms with Gasteiger partial charge in [-0.05, 0) is 31.5 Å². The van der Waals surface area contributed by atoms with E-state index in [-0.39, 0.29) is 5.91 Å². The zero-order valence-electron chi connectivity index (χ0n) is 11.1. The number of nitrogens with zero attached hydrogens (tertiary/aromatic N) is 3. The molecule has 0 saturated carbocycles. The van der Waals surface area contributed by atoms with Crippen LogP contribution in [0.15, 0.2) is 24.5 Å². The van der Waals surface area contributed by atoms with E-state index in [0.717, 1.165) is 27.9 Å². The van der Waals surface area contributed by atoms with Crippen LogP contribution in [-0.4, -0.2) is 20.3 Å². The fourth-order valence-corrected chi connectivity index (χ4v) is 2.17. The van der Waals surface area contributed by atoms with Crippen molar-refractivity contribution in [2.75, 3.05) is 5.32 Å². The first kappa shape index (κ1) is 11.6. The van der Waals surface area contributed by atoms with Gasteiger partial charge in [-0.15, -0.1) is 0 Å². The van der Waals surface area contributed by atoms with Gasteiger partial charge >= 0.3 is 0 Å². The second-order valence-electron chi connectivity index (χ2n) is 4.69. The summed E-state index contributed by atoms with van der Waals surface area (Å²) in [4.78, 5) is 20.1. The van der Waals surface area contributed by atoms with Crippen LogP contribution in [0.2, 0.25) is 0 Å². The van der Waals surface area contributed by atoms with E-state index in [9.17, 15) is 4.79 Å². The monoisotopic (exact) mass is 254 g/mol. The minimum Gasteiger partial charge on any atom is -0.325 e. The Balaban J connectivity index is 2.31. The van der Waals surface area contributed by atoms with Gasteiger partial charge in [0.05, 0.1) is 11.9 Å². The Morgan fingerprint density at radius 2 is 2.16 bits per heavy atom.